The molecule has 7 heterocycles. The van der Waals surface area contributed by atoms with Gasteiger partial charge in [0.05, 0.1) is 25.9 Å². The van der Waals surface area contributed by atoms with Crippen molar-refractivity contribution in [3.8, 4) is 0 Å². The monoisotopic (exact) mass is 676 g/mol. The lowest BCUT2D eigenvalue weighted by Crippen LogP contribution is -2.35. The zero-order chi connectivity index (χ0) is 31.0. The summed E-state index contributed by atoms with van der Waals surface area (Å²) < 4.78 is 78.0. The molecule has 2 bridgehead atoms. The Bertz CT molecular complexity index is 1830. The number of nitrogens with two attached hydrogens (primary N) is 2. The number of imidazole rings is 2. The average Bonchev–Trinajstić information content (AvgIpc) is 3.73. The molecular formula is C20H23FN10O10P2S. The summed E-state index contributed by atoms with van der Waals surface area (Å²) in [5.41, 5.74) is 12.4. The first kappa shape index (κ1) is 29.8. The number of aliphatic hydroxyl groups excluding tert-OH is 1. The quantitative estimate of drug-likeness (QED) is 0.141. The molecule has 10 atom stereocenters. The molecule has 0 amide bonds. The van der Waals surface area contributed by atoms with Gasteiger partial charge in [0, 0.05) is 0 Å². The van der Waals surface area contributed by atoms with Crippen molar-refractivity contribution in [2.24, 2.45) is 0 Å². The maximum atomic E-state index is 15.9. The molecule has 0 aliphatic carbocycles. The van der Waals surface area contributed by atoms with Gasteiger partial charge in [-0.05, 0) is 0 Å². The number of hydrogen-bond acceptors (Lipinski definition) is 17. The van der Waals surface area contributed by atoms with Crippen LogP contribution in [0.15, 0.2) is 25.3 Å². The molecule has 20 nitrogen and oxygen atoms in total. The van der Waals surface area contributed by atoms with Crippen LogP contribution in [0.3, 0.4) is 0 Å². The summed E-state index contributed by atoms with van der Waals surface area (Å²) in [5.74, 6) is 0.0891. The number of alkyl halides is 1. The highest BCUT2D eigenvalue weighted by atomic mass is 32.7. The molecule has 6 unspecified atom stereocenters. The number of thiol groups is 1. The van der Waals surface area contributed by atoms with Crippen molar-refractivity contribution in [3.63, 3.8) is 0 Å². The Hall–Kier alpha value is -2.88. The second kappa shape index (κ2) is 10.9. The van der Waals surface area contributed by atoms with Crippen LogP contribution in [0.4, 0.5) is 16.0 Å². The Morgan fingerprint density at radius 3 is 2.05 bits per heavy atom. The lowest BCUT2D eigenvalue weighted by atomic mass is 10.1. The van der Waals surface area contributed by atoms with E-state index in [0.717, 1.165) is 6.33 Å². The molecule has 0 radical (unpaired) electrons. The van der Waals surface area contributed by atoms with Crippen LogP contribution >= 0.6 is 26.9 Å². The maximum Gasteiger partial charge on any atom is 0.472 e. The molecule has 0 spiro atoms. The van der Waals surface area contributed by atoms with Crippen LogP contribution in [0.2, 0.25) is 0 Å². The molecule has 4 aromatic rings. The van der Waals surface area contributed by atoms with Crippen LogP contribution in [-0.2, 0) is 36.7 Å². The highest BCUT2D eigenvalue weighted by Crippen LogP contribution is 2.58. The first-order valence-corrected chi connectivity index (χ1v) is 16.9. The summed E-state index contributed by atoms with van der Waals surface area (Å²) in [5, 5.41) is 11.1. The van der Waals surface area contributed by atoms with E-state index in [1.54, 1.807) is 0 Å². The van der Waals surface area contributed by atoms with Gasteiger partial charge in [0.2, 0.25) is 0 Å². The van der Waals surface area contributed by atoms with Crippen LogP contribution in [0, 0.1) is 0 Å². The maximum absolute atomic E-state index is 15.9. The molecule has 44 heavy (non-hydrogen) atoms. The van der Waals surface area contributed by atoms with Gasteiger partial charge in [-0.25, -0.2) is 43.4 Å². The van der Waals surface area contributed by atoms with Gasteiger partial charge >= 0.3 is 14.6 Å². The normalized spacial score (nSPS) is 38.3. The fraction of sp³-hybridized carbons (Fsp3) is 0.500. The number of halogens is 1. The van der Waals surface area contributed by atoms with Crippen LogP contribution in [0.5, 0.6) is 0 Å². The number of aromatic nitrogens is 8. The Morgan fingerprint density at radius 2 is 1.41 bits per heavy atom. The number of anilines is 2. The van der Waals surface area contributed by atoms with Gasteiger partial charge in [-0.1, -0.05) is 12.2 Å². The average molecular weight is 676 g/mol. The molecule has 7 rings (SSSR count). The van der Waals surface area contributed by atoms with Crippen LogP contribution in [-0.4, -0.2) is 98.9 Å². The molecule has 6 N–H and O–H groups in total. The van der Waals surface area contributed by atoms with Gasteiger partial charge in [0.1, 0.15) is 54.2 Å². The summed E-state index contributed by atoms with van der Waals surface area (Å²) in [4.78, 5) is 34.7. The van der Waals surface area contributed by atoms with Crippen molar-refractivity contribution < 1.29 is 51.1 Å². The van der Waals surface area contributed by atoms with Crippen LogP contribution in [0.1, 0.15) is 12.5 Å². The van der Waals surface area contributed by atoms with E-state index in [4.69, 9.17) is 39.0 Å². The third kappa shape index (κ3) is 5.14. The first-order chi connectivity index (χ1) is 20.9. The Kier molecular flexibility index (Phi) is 7.37. The zero-order valence-corrected chi connectivity index (χ0v) is 24.6. The predicted octanol–water partition coefficient (Wildman–Crippen LogP) is 0.280. The number of rotatable bonds is 2. The molecular weight excluding hydrogens is 653 g/mol. The van der Waals surface area contributed by atoms with E-state index in [9.17, 15) is 19.1 Å². The van der Waals surface area contributed by atoms with Gasteiger partial charge in [0.15, 0.2) is 41.6 Å². The molecule has 24 heteroatoms. The predicted molar refractivity (Wildman–Crippen MR) is 146 cm³/mol. The molecule has 236 valence electrons. The molecule has 0 saturated carbocycles. The van der Waals surface area contributed by atoms with E-state index in [1.807, 2.05) is 0 Å². The molecule has 3 saturated heterocycles. The van der Waals surface area contributed by atoms with Crippen molar-refractivity contribution in [1.29, 1.82) is 0 Å². The van der Waals surface area contributed by atoms with Gasteiger partial charge in [-0.2, -0.15) is 0 Å². The minimum Gasteiger partial charge on any atom is -0.387 e. The molecule has 0 aromatic carbocycles. The summed E-state index contributed by atoms with van der Waals surface area (Å²) >= 11 is 4.04. The number of aliphatic hydroxyl groups is 1. The molecule has 3 fully saturated rings. The lowest BCUT2D eigenvalue weighted by molar-refractivity contribution is -0.0619. The number of nitrogens with zero attached hydrogens (tertiary/aromatic N) is 8. The molecule has 3 aliphatic heterocycles. The van der Waals surface area contributed by atoms with Gasteiger partial charge in [0.25, 0.3) is 0 Å². The van der Waals surface area contributed by atoms with Crippen LogP contribution in [0.25, 0.3) is 22.3 Å². The van der Waals surface area contributed by atoms with E-state index >= 15 is 4.39 Å². The third-order valence-electron chi connectivity index (χ3n) is 7.22. The summed E-state index contributed by atoms with van der Waals surface area (Å²) in [6.45, 7) is -5.84. The highest BCUT2D eigenvalue weighted by molar-refractivity contribution is 8.44. The Balaban J connectivity index is 1.20. The number of phosphoric acid groups is 1. The number of phosphoric ester groups is 1. The number of fused-ring (bicyclic) bond motifs is 5. The van der Waals surface area contributed by atoms with Crippen molar-refractivity contribution in [3.05, 3.63) is 25.3 Å². The largest absolute Gasteiger partial charge is 0.472 e. The lowest BCUT2D eigenvalue weighted by Gasteiger charge is -2.26. The van der Waals surface area contributed by atoms with E-state index in [2.05, 4.69) is 42.2 Å². The van der Waals surface area contributed by atoms with Gasteiger partial charge < -0.3 is 30.9 Å². The smallest absolute Gasteiger partial charge is 0.387 e. The van der Waals surface area contributed by atoms with E-state index in [-0.39, 0.29) is 34.0 Å². The minimum absolute atomic E-state index is 0.0302. The Labute approximate surface area is 250 Å². The fourth-order valence-electron chi connectivity index (χ4n) is 5.19. The summed E-state index contributed by atoms with van der Waals surface area (Å²) in [7, 11) is -5.06. The van der Waals surface area contributed by atoms with Crippen molar-refractivity contribution in [1.82, 2.24) is 39.0 Å². The van der Waals surface area contributed by atoms with Gasteiger partial charge in [-0.15, -0.1) is 0 Å². The van der Waals surface area contributed by atoms with Crippen molar-refractivity contribution >= 4 is 60.8 Å². The second-order valence-corrected chi connectivity index (χ2v) is 14.2. The topological polar surface area (TPSA) is 269 Å². The molecule has 3 aliphatic rings. The number of hydrogen-bond donors (Lipinski definition) is 5. The van der Waals surface area contributed by atoms with Crippen molar-refractivity contribution in [2.75, 3.05) is 24.7 Å². The summed E-state index contributed by atoms with van der Waals surface area (Å²) in [6.07, 6.45) is -7.80. The standard InChI is InChI=1S/C20H23FN10O10P2S/c21-9-13-8(39-19(9)30-5-28-10-15(22)24-3-26-17(10)30)2-37-43(35,44)41-14-12(32)7(1-36-42(33,34)40-13)38-20(14)31-6-29-11-16(23)25-4-27-18(11)31/h3-9,12-14,19-20,32H,1-2H2,(H,33,34)(H,35,44)(H2,22,24,26)(H2,23,25,27)/t7-,8-,9?,12?,13?,14?,19?,20-,43-/m1/s1. The zero-order valence-electron chi connectivity index (χ0n) is 22.0. The highest BCUT2D eigenvalue weighted by Gasteiger charge is 2.54. The second-order valence-electron chi connectivity index (χ2n) is 9.90. The minimum atomic E-state index is -5.06. The Morgan fingerprint density at radius 1 is 0.841 bits per heavy atom. The van der Waals surface area contributed by atoms with Crippen LogP contribution < -0.4 is 11.5 Å². The SMILES string of the molecule is Nc1ncnc2c1ncn2C1O[C@@H]2CO[P@@](=O)(S)OC3C(O)[C@@H](COP(=O)(O)OC2C1F)O[C@H]3n1cnc2c(N)ncnc21. The molecule has 4 aromatic heterocycles. The van der Waals surface area contributed by atoms with E-state index in [0.29, 0.717) is 0 Å². The first-order valence-electron chi connectivity index (χ1n) is 12.7. The van der Waals surface area contributed by atoms with E-state index < -0.39 is 77.0 Å². The number of ether oxygens (including phenoxy) is 2. The van der Waals surface area contributed by atoms with Crippen molar-refractivity contribution in [2.45, 2.75) is 49.1 Å². The third-order valence-corrected chi connectivity index (χ3v) is 9.82. The van der Waals surface area contributed by atoms with Gasteiger partial charge in [-0.3, -0.25) is 27.2 Å². The number of nitrogen functional groups attached to an aromatic ring is 2. The fourth-order valence-corrected chi connectivity index (χ4v) is 7.60. The summed E-state index contributed by atoms with van der Waals surface area (Å²) in [6, 6.07) is 0. The van der Waals surface area contributed by atoms with E-state index in [1.165, 1.54) is 28.1 Å².